The zero-order valence-corrected chi connectivity index (χ0v) is 14.6. The van der Waals surface area contributed by atoms with Crippen molar-refractivity contribution in [2.24, 2.45) is 11.8 Å². The minimum Gasteiger partial charge on any atom is -0.469 e. The van der Waals surface area contributed by atoms with Gasteiger partial charge in [0.1, 0.15) is 0 Å². The molecule has 5 nitrogen and oxygen atoms in total. The Labute approximate surface area is 133 Å². The highest BCUT2D eigenvalue weighted by molar-refractivity contribution is 9.10. The predicted octanol–water partition coefficient (Wildman–Crippen LogP) is 2.19. The van der Waals surface area contributed by atoms with E-state index in [1.807, 2.05) is 13.8 Å². The van der Waals surface area contributed by atoms with Crippen LogP contribution in [-0.2, 0) is 19.6 Å². The molecule has 116 valence electrons. The number of esters is 1. The van der Waals surface area contributed by atoms with Crippen molar-refractivity contribution in [3.63, 3.8) is 0 Å². The van der Waals surface area contributed by atoms with Gasteiger partial charge in [-0.25, -0.2) is 8.42 Å². The number of rotatable bonds is 3. The second-order valence-electron chi connectivity index (χ2n) is 5.36. The quantitative estimate of drug-likeness (QED) is 0.759. The molecule has 2 unspecified atom stereocenters. The number of carbonyl (C=O) groups excluding carboxylic acids is 1. The molecule has 1 aliphatic rings. The van der Waals surface area contributed by atoms with Crippen LogP contribution in [0.15, 0.2) is 27.6 Å². The average molecular weight is 376 g/mol. The van der Waals surface area contributed by atoms with Gasteiger partial charge in [0.15, 0.2) is 0 Å². The smallest absolute Gasteiger partial charge is 0.310 e. The van der Waals surface area contributed by atoms with E-state index in [0.717, 1.165) is 5.56 Å². The summed E-state index contributed by atoms with van der Waals surface area (Å²) in [7, 11) is -2.29. The standard InChI is InChI=1S/C14H18BrNO4S/c1-9-4-5-13(12(15)6-9)21(18,19)16-7-10(2)11(8-16)14(17)20-3/h4-6,10-11H,7-8H2,1-3H3. The first-order valence-electron chi connectivity index (χ1n) is 6.61. The Hall–Kier alpha value is -0.920. The number of ether oxygens (including phenoxy) is 1. The number of halogens is 1. The third kappa shape index (κ3) is 3.14. The summed E-state index contributed by atoms with van der Waals surface area (Å²) >= 11 is 3.31. The molecule has 1 heterocycles. The highest BCUT2D eigenvalue weighted by Gasteiger charge is 2.41. The number of hydrogen-bond acceptors (Lipinski definition) is 4. The van der Waals surface area contributed by atoms with Crippen LogP contribution in [0.2, 0.25) is 0 Å². The number of nitrogens with zero attached hydrogens (tertiary/aromatic N) is 1. The molecule has 2 atom stereocenters. The summed E-state index contributed by atoms with van der Waals surface area (Å²) in [6, 6.07) is 5.12. The normalized spacial score (nSPS) is 23.2. The molecule has 0 N–H and O–H groups in total. The summed E-state index contributed by atoms with van der Waals surface area (Å²) < 4.78 is 32.1. The van der Waals surface area contributed by atoms with E-state index in [2.05, 4.69) is 15.9 Å². The molecule has 2 rings (SSSR count). The minimum atomic E-state index is -3.62. The highest BCUT2D eigenvalue weighted by Crippen LogP contribution is 2.32. The number of hydrogen-bond donors (Lipinski definition) is 0. The van der Waals surface area contributed by atoms with Gasteiger partial charge in [-0.2, -0.15) is 4.31 Å². The number of aryl methyl sites for hydroxylation is 1. The second-order valence-corrected chi connectivity index (χ2v) is 8.12. The zero-order valence-electron chi connectivity index (χ0n) is 12.2. The Morgan fingerprint density at radius 3 is 2.62 bits per heavy atom. The molecule has 1 saturated heterocycles. The fourth-order valence-corrected chi connectivity index (χ4v) is 5.25. The molecule has 7 heteroatoms. The Morgan fingerprint density at radius 1 is 1.38 bits per heavy atom. The lowest BCUT2D eigenvalue weighted by molar-refractivity contribution is -0.145. The van der Waals surface area contributed by atoms with Gasteiger partial charge in [-0.3, -0.25) is 4.79 Å². The molecule has 0 radical (unpaired) electrons. The SMILES string of the molecule is COC(=O)C1CN(S(=O)(=O)c2ccc(C)cc2Br)CC1C. The summed E-state index contributed by atoms with van der Waals surface area (Å²) in [4.78, 5) is 11.9. The van der Waals surface area contributed by atoms with Crippen LogP contribution in [0, 0.1) is 18.8 Å². The van der Waals surface area contributed by atoms with Crippen molar-refractivity contribution < 1.29 is 17.9 Å². The van der Waals surface area contributed by atoms with Crippen LogP contribution in [0.4, 0.5) is 0 Å². The van der Waals surface area contributed by atoms with Crippen LogP contribution in [0.1, 0.15) is 12.5 Å². The maximum Gasteiger partial charge on any atom is 0.310 e. The molecule has 0 saturated carbocycles. The Bertz CT molecular complexity index is 659. The number of carbonyl (C=O) groups is 1. The molecule has 1 aromatic carbocycles. The third-order valence-electron chi connectivity index (χ3n) is 3.79. The molecule has 1 aromatic rings. The first-order chi connectivity index (χ1) is 9.77. The van der Waals surface area contributed by atoms with Gasteiger partial charge in [0.25, 0.3) is 0 Å². The van der Waals surface area contributed by atoms with Gasteiger partial charge in [0.2, 0.25) is 10.0 Å². The van der Waals surface area contributed by atoms with E-state index in [1.165, 1.54) is 11.4 Å². The van der Waals surface area contributed by atoms with Crippen molar-refractivity contribution >= 4 is 31.9 Å². The Balaban J connectivity index is 2.31. The fraction of sp³-hybridized carbons (Fsp3) is 0.500. The van der Waals surface area contributed by atoms with Gasteiger partial charge in [0.05, 0.1) is 17.9 Å². The topological polar surface area (TPSA) is 63.7 Å². The summed E-state index contributed by atoms with van der Waals surface area (Å²) in [6.07, 6.45) is 0. The van der Waals surface area contributed by atoms with Gasteiger partial charge < -0.3 is 4.74 Å². The molecule has 1 aliphatic heterocycles. The van der Waals surface area contributed by atoms with Crippen molar-refractivity contribution in [1.82, 2.24) is 4.31 Å². The molecule has 21 heavy (non-hydrogen) atoms. The van der Waals surface area contributed by atoms with Crippen molar-refractivity contribution in [2.75, 3.05) is 20.2 Å². The van der Waals surface area contributed by atoms with Crippen LogP contribution in [0.3, 0.4) is 0 Å². The highest BCUT2D eigenvalue weighted by atomic mass is 79.9. The van der Waals surface area contributed by atoms with Crippen LogP contribution < -0.4 is 0 Å². The summed E-state index contributed by atoms with van der Waals surface area (Å²) in [5.41, 5.74) is 0.975. The van der Waals surface area contributed by atoms with E-state index in [9.17, 15) is 13.2 Å². The molecular formula is C14H18BrNO4S. The van der Waals surface area contributed by atoms with Crippen molar-refractivity contribution in [1.29, 1.82) is 0 Å². The molecule has 0 spiro atoms. The fourth-order valence-electron chi connectivity index (χ4n) is 2.53. The van der Waals surface area contributed by atoms with Crippen molar-refractivity contribution in [3.8, 4) is 0 Å². The van der Waals surface area contributed by atoms with Gasteiger partial charge >= 0.3 is 5.97 Å². The molecule has 1 fully saturated rings. The second kappa shape index (κ2) is 6.06. The lowest BCUT2D eigenvalue weighted by atomic mass is 9.99. The van der Waals surface area contributed by atoms with Crippen LogP contribution in [-0.4, -0.2) is 38.9 Å². The number of benzene rings is 1. The zero-order chi connectivity index (χ0) is 15.8. The molecule has 0 amide bonds. The largest absolute Gasteiger partial charge is 0.469 e. The lowest BCUT2D eigenvalue weighted by Gasteiger charge is -2.17. The maximum atomic E-state index is 12.7. The van der Waals surface area contributed by atoms with E-state index in [4.69, 9.17) is 4.74 Å². The lowest BCUT2D eigenvalue weighted by Crippen LogP contribution is -2.30. The summed E-state index contributed by atoms with van der Waals surface area (Å²) in [6.45, 7) is 4.24. The molecule has 0 bridgehead atoms. The maximum absolute atomic E-state index is 12.7. The summed E-state index contributed by atoms with van der Waals surface area (Å²) in [5, 5.41) is 0. The average Bonchev–Trinajstić information content (AvgIpc) is 2.80. The van der Waals surface area contributed by atoms with E-state index in [-0.39, 0.29) is 23.3 Å². The van der Waals surface area contributed by atoms with Gasteiger partial charge in [-0.1, -0.05) is 13.0 Å². The monoisotopic (exact) mass is 375 g/mol. The Morgan fingerprint density at radius 2 is 2.05 bits per heavy atom. The van der Waals surface area contributed by atoms with Gasteiger partial charge in [0, 0.05) is 17.6 Å². The van der Waals surface area contributed by atoms with Crippen LogP contribution in [0.25, 0.3) is 0 Å². The molecule has 0 aliphatic carbocycles. The van der Waals surface area contributed by atoms with Gasteiger partial charge in [-0.15, -0.1) is 0 Å². The van der Waals surface area contributed by atoms with E-state index >= 15 is 0 Å². The van der Waals surface area contributed by atoms with Crippen molar-refractivity contribution in [3.05, 3.63) is 28.2 Å². The van der Waals surface area contributed by atoms with Crippen molar-refractivity contribution in [2.45, 2.75) is 18.7 Å². The summed E-state index contributed by atoms with van der Waals surface area (Å²) in [5.74, 6) is -0.825. The number of methoxy groups -OCH3 is 1. The van der Waals surface area contributed by atoms with E-state index < -0.39 is 15.9 Å². The van der Waals surface area contributed by atoms with Crippen LogP contribution >= 0.6 is 15.9 Å². The molecule has 0 aromatic heterocycles. The first kappa shape index (κ1) is 16.5. The van der Waals surface area contributed by atoms with E-state index in [0.29, 0.717) is 11.0 Å². The molecular weight excluding hydrogens is 358 g/mol. The predicted molar refractivity (Wildman–Crippen MR) is 82.3 cm³/mol. The van der Waals surface area contributed by atoms with E-state index in [1.54, 1.807) is 18.2 Å². The Kier molecular flexibility index (Phi) is 4.75. The van der Waals surface area contributed by atoms with Gasteiger partial charge in [-0.05, 0) is 46.5 Å². The third-order valence-corrected chi connectivity index (χ3v) is 6.60. The minimum absolute atomic E-state index is 0.0588. The number of sulfonamides is 1. The van der Waals surface area contributed by atoms with Crippen LogP contribution in [0.5, 0.6) is 0 Å². The first-order valence-corrected chi connectivity index (χ1v) is 8.84.